The Morgan fingerprint density at radius 1 is 0.950 bits per heavy atom. The molecule has 0 heterocycles. The van der Waals surface area contributed by atoms with E-state index >= 15 is 0 Å². The lowest BCUT2D eigenvalue weighted by molar-refractivity contribution is 0.443. The second-order valence-electron chi connectivity index (χ2n) is 4.28. The predicted octanol–water partition coefficient (Wildman–Crippen LogP) is 2.51. The third-order valence-electron chi connectivity index (χ3n) is 2.85. The largest absolute Gasteiger partial charge is 0.244 e. The molecule has 0 unspecified atom stereocenters. The fourth-order valence-corrected chi connectivity index (χ4v) is 3.22. The van der Waals surface area contributed by atoms with Gasteiger partial charge in [-0.15, -0.1) is 6.42 Å². The van der Waals surface area contributed by atoms with Crippen molar-refractivity contribution in [2.75, 3.05) is 6.54 Å². The quantitative estimate of drug-likeness (QED) is 0.792. The van der Waals surface area contributed by atoms with Crippen molar-refractivity contribution in [2.45, 2.75) is 11.4 Å². The first-order chi connectivity index (χ1) is 9.64. The molecule has 0 bridgehead atoms. The second-order valence-corrected chi connectivity index (χ2v) is 6.21. The van der Waals surface area contributed by atoms with Crippen molar-refractivity contribution in [1.29, 1.82) is 0 Å². The fraction of sp³-hybridized carbons (Fsp3) is 0.125. The Morgan fingerprint density at radius 3 is 2.05 bits per heavy atom. The van der Waals surface area contributed by atoms with E-state index in [4.69, 9.17) is 6.42 Å². The van der Waals surface area contributed by atoms with Crippen LogP contribution < -0.4 is 0 Å². The Balaban J connectivity index is 2.32. The van der Waals surface area contributed by atoms with Gasteiger partial charge >= 0.3 is 0 Å². The first-order valence-corrected chi connectivity index (χ1v) is 7.61. The molecule has 0 amide bonds. The molecule has 20 heavy (non-hydrogen) atoms. The van der Waals surface area contributed by atoms with Gasteiger partial charge in [-0.2, -0.15) is 4.31 Å². The van der Waals surface area contributed by atoms with Crippen LogP contribution in [0, 0.1) is 12.3 Å². The number of rotatable bonds is 5. The Labute approximate surface area is 119 Å². The summed E-state index contributed by atoms with van der Waals surface area (Å²) in [5.41, 5.74) is 0.905. The van der Waals surface area contributed by atoms with E-state index in [0.717, 1.165) is 5.56 Å². The molecule has 102 valence electrons. The van der Waals surface area contributed by atoms with Gasteiger partial charge in [0.15, 0.2) is 0 Å². The van der Waals surface area contributed by atoms with Crippen molar-refractivity contribution in [3.63, 3.8) is 0 Å². The molecule has 0 N–H and O–H groups in total. The zero-order valence-corrected chi connectivity index (χ0v) is 11.8. The van der Waals surface area contributed by atoms with Crippen molar-refractivity contribution in [3.8, 4) is 12.3 Å². The number of hydrogen-bond acceptors (Lipinski definition) is 2. The maximum absolute atomic E-state index is 12.6. The van der Waals surface area contributed by atoms with Crippen LogP contribution in [0.25, 0.3) is 0 Å². The van der Waals surface area contributed by atoms with E-state index in [1.165, 1.54) is 4.31 Å². The first-order valence-electron chi connectivity index (χ1n) is 6.17. The van der Waals surface area contributed by atoms with Crippen LogP contribution in [0.15, 0.2) is 65.6 Å². The second kappa shape index (κ2) is 6.38. The van der Waals surface area contributed by atoms with Gasteiger partial charge in [0, 0.05) is 6.54 Å². The lowest BCUT2D eigenvalue weighted by atomic mass is 10.2. The van der Waals surface area contributed by atoms with E-state index in [2.05, 4.69) is 5.92 Å². The van der Waals surface area contributed by atoms with E-state index < -0.39 is 10.0 Å². The average Bonchev–Trinajstić information content (AvgIpc) is 2.49. The number of terminal acetylenes is 1. The molecule has 2 aromatic carbocycles. The summed E-state index contributed by atoms with van der Waals surface area (Å²) in [6.45, 7) is 0.314. The summed E-state index contributed by atoms with van der Waals surface area (Å²) in [7, 11) is -3.57. The van der Waals surface area contributed by atoms with Crippen LogP contribution in [0.3, 0.4) is 0 Å². The Bertz CT molecular complexity index is 688. The molecule has 0 aliphatic carbocycles. The van der Waals surface area contributed by atoms with Crippen LogP contribution in [0.2, 0.25) is 0 Å². The summed E-state index contributed by atoms with van der Waals surface area (Å²) in [6, 6.07) is 17.7. The van der Waals surface area contributed by atoms with Gasteiger partial charge in [0.05, 0.1) is 11.4 Å². The van der Waals surface area contributed by atoms with Gasteiger partial charge in [-0.05, 0) is 17.7 Å². The van der Waals surface area contributed by atoms with Crippen molar-refractivity contribution >= 4 is 10.0 Å². The van der Waals surface area contributed by atoms with Gasteiger partial charge in [0.1, 0.15) is 0 Å². The van der Waals surface area contributed by atoms with Gasteiger partial charge in [0.2, 0.25) is 10.0 Å². The molecule has 4 heteroatoms. The van der Waals surface area contributed by atoms with E-state index in [-0.39, 0.29) is 18.0 Å². The highest BCUT2D eigenvalue weighted by Crippen LogP contribution is 2.17. The molecule has 0 saturated heterocycles. The first kappa shape index (κ1) is 14.3. The molecule has 0 aromatic heterocycles. The lowest BCUT2D eigenvalue weighted by Gasteiger charge is -2.20. The maximum atomic E-state index is 12.6. The van der Waals surface area contributed by atoms with Crippen molar-refractivity contribution < 1.29 is 8.42 Å². The zero-order valence-electron chi connectivity index (χ0n) is 10.9. The third-order valence-corrected chi connectivity index (χ3v) is 4.66. The fourth-order valence-electron chi connectivity index (χ4n) is 1.86. The topological polar surface area (TPSA) is 37.4 Å². The van der Waals surface area contributed by atoms with Crippen LogP contribution in [0.4, 0.5) is 0 Å². The van der Waals surface area contributed by atoms with Crippen LogP contribution >= 0.6 is 0 Å². The highest BCUT2D eigenvalue weighted by atomic mass is 32.2. The highest BCUT2D eigenvalue weighted by Gasteiger charge is 2.23. The number of benzene rings is 2. The molecule has 2 rings (SSSR count). The van der Waals surface area contributed by atoms with E-state index in [9.17, 15) is 8.42 Å². The SMILES string of the molecule is C#CCN(Cc1ccccc1)S(=O)(=O)c1ccccc1. The molecule has 0 aliphatic heterocycles. The molecule has 0 saturated carbocycles. The predicted molar refractivity (Wildman–Crippen MR) is 79.3 cm³/mol. The minimum absolute atomic E-state index is 0.0477. The smallest absolute Gasteiger partial charge is 0.207 e. The Hall–Kier alpha value is -2.09. The highest BCUT2D eigenvalue weighted by molar-refractivity contribution is 7.89. The maximum Gasteiger partial charge on any atom is 0.244 e. The molecule has 0 radical (unpaired) electrons. The molecular formula is C16H15NO2S. The molecule has 2 aromatic rings. The summed E-state index contributed by atoms with van der Waals surface area (Å²) in [6.07, 6.45) is 5.30. The van der Waals surface area contributed by atoms with E-state index in [1.54, 1.807) is 30.3 Å². The molecule has 0 atom stereocenters. The average molecular weight is 285 g/mol. The summed E-state index contributed by atoms with van der Waals surface area (Å²) >= 11 is 0. The van der Waals surface area contributed by atoms with Crippen LogP contribution in [0.5, 0.6) is 0 Å². The van der Waals surface area contributed by atoms with Crippen LogP contribution in [-0.2, 0) is 16.6 Å². The van der Waals surface area contributed by atoms with E-state index in [1.807, 2.05) is 30.3 Å². The minimum Gasteiger partial charge on any atom is -0.207 e. The van der Waals surface area contributed by atoms with Crippen molar-refractivity contribution in [3.05, 3.63) is 66.2 Å². The Morgan fingerprint density at radius 2 is 1.50 bits per heavy atom. The van der Waals surface area contributed by atoms with Crippen molar-refractivity contribution in [1.82, 2.24) is 4.31 Å². The van der Waals surface area contributed by atoms with Crippen LogP contribution in [-0.4, -0.2) is 19.3 Å². The van der Waals surface area contributed by atoms with Gasteiger partial charge < -0.3 is 0 Å². The van der Waals surface area contributed by atoms with Crippen LogP contribution in [0.1, 0.15) is 5.56 Å². The molecule has 0 fully saturated rings. The van der Waals surface area contributed by atoms with Gasteiger partial charge in [0.25, 0.3) is 0 Å². The summed E-state index contributed by atoms with van der Waals surface area (Å²) in [5, 5.41) is 0. The van der Waals surface area contributed by atoms with Gasteiger partial charge in [-0.25, -0.2) is 8.42 Å². The standard InChI is InChI=1S/C16H15NO2S/c1-2-13-17(14-15-9-5-3-6-10-15)20(18,19)16-11-7-4-8-12-16/h1,3-12H,13-14H2. The third kappa shape index (κ3) is 3.27. The number of hydrogen-bond donors (Lipinski definition) is 0. The van der Waals surface area contributed by atoms with E-state index in [0.29, 0.717) is 0 Å². The monoisotopic (exact) mass is 285 g/mol. The summed E-state index contributed by atoms with van der Waals surface area (Å²) in [4.78, 5) is 0.256. The van der Waals surface area contributed by atoms with Gasteiger partial charge in [-0.3, -0.25) is 0 Å². The number of nitrogens with zero attached hydrogens (tertiary/aromatic N) is 1. The molecular weight excluding hydrogens is 270 g/mol. The Kier molecular flexibility index (Phi) is 4.57. The zero-order chi connectivity index (χ0) is 14.4. The molecule has 0 aliphatic rings. The number of sulfonamides is 1. The summed E-state index contributed by atoms with van der Waals surface area (Å²) < 4.78 is 26.4. The molecule has 0 spiro atoms. The lowest BCUT2D eigenvalue weighted by Crippen LogP contribution is -2.31. The van der Waals surface area contributed by atoms with Crippen molar-refractivity contribution in [2.24, 2.45) is 0 Å². The van der Waals surface area contributed by atoms with Gasteiger partial charge in [-0.1, -0.05) is 54.5 Å². The minimum atomic E-state index is -3.57. The molecule has 3 nitrogen and oxygen atoms in total. The summed E-state index contributed by atoms with van der Waals surface area (Å²) in [5.74, 6) is 2.41. The normalized spacial score (nSPS) is 11.2.